The summed E-state index contributed by atoms with van der Waals surface area (Å²) >= 11 is 0. The maximum atomic E-state index is 12.3. The van der Waals surface area contributed by atoms with Crippen LogP contribution in [0.15, 0.2) is 12.1 Å². The van der Waals surface area contributed by atoms with E-state index >= 15 is 0 Å². The van der Waals surface area contributed by atoms with Crippen LogP contribution in [-0.2, 0) is 0 Å². The van der Waals surface area contributed by atoms with Gasteiger partial charge in [-0.1, -0.05) is 0 Å². The van der Waals surface area contributed by atoms with Crippen LogP contribution in [0.2, 0.25) is 0 Å². The first kappa shape index (κ1) is 13.5. The molecule has 1 aromatic carbocycles. The summed E-state index contributed by atoms with van der Waals surface area (Å²) in [4.78, 5) is 12.3. The number of hydrogen-bond donors (Lipinski definition) is 1. The van der Waals surface area contributed by atoms with Crippen molar-refractivity contribution in [3.63, 3.8) is 0 Å². The molecule has 0 unspecified atom stereocenters. The molecule has 1 saturated carbocycles. The van der Waals surface area contributed by atoms with Gasteiger partial charge in [-0.25, -0.2) is 0 Å². The molecule has 1 amide bonds. The Hall–Kier alpha value is -1.91. The summed E-state index contributed by atoms with van der Waals surface area (Å²) in [6.07, 6.45) is 2.02. The molecule has 1 fully saturated rings. The Morgan fingerprint density at radius 2 is 1.58 bits per heavy atom. The summed E-state index contributed by atoms with van der Waals surface area (Å²) in [5.74, 6) is 1.36. The second-order valence-corrected chi connectivity index (χ2v) is 4.92. The third kappa shape index (κ3) is 2.75. The highest BCUT2D eigenvalue weighted by Gasteiger charge is 2.39. The average molecular weight is 265 g/mol. The zero-order chi connectivity index (χ0) is 14.0. The van der Waals surface area contributed by atoms with Crippen molar-refractivity contribution in [3.8, 4) is 17.2 Å². The monoisotopic (exact) mass is 265 g/mol. The molecule has 0 saturated heterocycles. The van der Waals surface area contributed by atoms with E-state index in [0.29, 0.717) is 22.8 Å². The Morgan fingerprint density at radius 3 is 2.05 bits per heavy atom. The van der Waals surface area contributed by atoms with Crippen molar-refractivity contribution in [2.24, 2.45) is 0 Å². The van der Waals surface area contributed by atoms with Gasteiger partial charge in [0.2, 0.25) is 0 Å². The highest BCUT2D eigenvalue weighted by molar-refractivity contribution is 5.98. The van der Waals surface area contributed by atoms with Gasteiger partial charge >= 0.3 is 0 Å². The van der Waals surface area contributed by atoms with Crippen LogP contribution >= 0.6 is 0 Å². The normalized spacial score (nSPS) is 15.6. The topological polar surface area (TPSA) is 56.8 Å². The predicted molar refractivity (Wildman–Crippen MR) is 71.2 cm³/mol. The number of benzene rings is 1. The number of amides is 1. The number of rotatable bonds is 5. The minimum absolute atomic E-state index is 0.0741. The first-order chi connectivity index (χ1) is 9.03. The molecule has 1 aliphatic carbocycles. The first-order valence-corrected chi connectivity index (χ1v) is 6.15. The van der Waals surface area contributed by atoms with Crippen molar-refractivity contribution in [1.29, 1.82) is 0 Å². The summed E-state index contributed by atoms with van der Waals surface area (Å²) in [5, 5.41) is 2.99. The van der Waals surface area contributed by atoms with E-state index in [9.17, 15) is 4.79 Å². The molecule has 5 nitrogen and oxygen atoms in total. The lowest BCUT2D eigenvalue weighted by Crippen LogP contribution is -2.34. The molecule has 19 heavy (non-hydrogen) atoms. The average Bonchev–Trinajstić information content (AvgIpc) is 3.14. The fourth-order valence-electron chi connectivity index (χ4n) is 1.86. The highest BCUT2D eigenvalue weighted by Crippen LogP contribution is 2.37. The Morgan fingerprint density at radius 1 is 1.05 bits per heavy atom. The number of ether oxygens (including phenoxy) is 3. The van der Waals surface area contributed by atoms with Crippen LogP contribution in [0.3, 0.4) is 0 Å². The van der Waals surface area contributed by atoms with Gasteiger partial charge in [-0.3, -0.25) is 4.79 Å². The van der Waals surface area contributed by atoms with Crippen LogP contribution in [0.1, 0.15) is 30.1 Å². The van der Waals surface area contributed by atoms with Gasteiger partial charge in [-0.05, 0) is 19.8 Å². The van der Waals surface area contributed by atoms with Crippen molar-refractivity contribution >= 4 is 5.91 Å². The van der Waals surface area contributed by atoms with Crippen LogP contribution in [0.5, 0.6) is 17.2 Å². The summed E-state index contributed by atoms with van der Waals surface area (Å²) in [5.41, 5.74) is 0.378. The summed E-state index contributed by atoms with van der Waals surface area (Å²) in [6, 6.07) is 3.29. The van der Waals surface area contributed by atoms with E-state index in [1.54, 1.807) is 19.2 Å². The number of methoxy groups -OCH3 is 3. The lowest BCUT2D eigenvalue weighted by molar-refractivity contribution is 0.0932. The molecular weight excluding hydrogens is 246 g/mol. The van der Waals surface area contributed by atoms with Gasteiger partial charge in [0.15, 0.2) is 11.5 Å². The van der Waals surface area contributed by atoms with Crippen LogP contribution in [0, 0.1) is 0 Å². The SMILES string of the molecule is COc1cc(OC)c(C(=O)NC2(C)CC2)cc1OC. The number of carbonyl (C=O) groups is 1. The fraction of sp³-hybridized carbons (Fsp3) is 0.500. The third-order valence-electron chi connectivity index (χ3n) is 3.37. The molecule has 1 aliphatic rings. The second-order valence-electron chi connectivity index (χ2n) is 4.92. The van der Waals surface area contributed by atoms with E-state index in [2.05, 4.69) is 5.32 Å². The van der Waals surface area contributed by atoms with Crippen LogP contribution in [-0.4, -0.2) is 32.8 Å². The predicted octanol–water partition coefficient (Wildman–Crippen LogP) is 1.99. The highest BCUT2D eigenvalue weighted by atomic mass is 16.5. The molecule has 2 rings (SSSR count). The van der Waals surface area contributed by atoms with Crippen molar-refractivity contribution in [3.05, 3.63) is 17.7 Å². The molecule has 0 spiro atoms. The van der Waals surface area contributed by atoms with Gasteiger partial charge in [0.25, 0.3) is 5.91 Å². The zero-order valence-electron chi connectivity index (χ0n) is 11.7. The molecule has 0 radical (unpaired) electrons. The van der Waals surface area contributed by atoms with Gasteiger partial charge in [0, 0.05) is 17.7 Å². The summed E-state index contributed by atoms with van der Waals surface area (Å²) < 4.78 is 15.6. The summed E-state index contributed by atoms with van der Waals surface area (Å²) in [6.45, 7) is 2.03. The van der Waals surface area contributed by atoms with Crippen molar-refractivity contribution in [2.75, 3.05) is 21.3 Å². The lowest BCUT2D eigenvalue weighted by atomic mass is 10.1. The van der Waals surface area contributed by atoms with E-state index in [4.69, 9.17) is 14.2 Å². The first-order valence-electron chi connectivity index (χ1n) is 6.15. The van der Waals surface area contributed by atoms with Crippen LogP contribution < -0.4 is 19.5 Å². The van der Waals surface area contributed by atoms with Gasteiger partial charge < -0.3 is 19.5 Å². The van der Waals surface area contributed by atoms with Gasteiger partial charge in [0.1, 0.15) is 5.75 Å². The van der Waals surface area contributed by atoms with E-state index in [-0.39, 0.29) is 11.4 Å². The Kier molecular flexibility index (Phi) is 3.55. The molecule has 1 N–H and O–H groups in total. The van der Waals surface area contributed by atoms with Gasteiger partial charge in [-0.2, -0.15) is 0 Å². The van der Waals surface area contributed by atoms with E-state index in [1.165, 1.54) is 14.2 Å². The van der Waals surface area contributed by atoms with E-state index in [0.717, 1.165) is 12.8 Å². The number of nitrogens with one attached hydrogen (secondary N) is 1. The van der Waals surface area contributed by atoms with E-state index in [1.807, 2.05) is 6.92 Å². The second kappa shape index (κ2) is 4.99. The standard InChI is InChI=1S/C14H19NO4/c1-14(5-6-14)15-13(16)9-7-11(18-3)12(19-4)8-10(9)17-2/h7-8H,5-6H2,1-4H3,(H,15,16). The lowest BCUT2D eigenvalue weighted by Gasteiger charge is -2.16. The van der Waals surface area contributed by atoms with Crippen LogP contribution in [0.4, 0.5) is 0 Å². The maximum absolute atomic E-state index is 12.3. The number of carbonyl (C=O) groups excluding carboxylic acids is 1. The van der Waals surface area contributed by atoms with E-state index < -0.39 is 0 Å². The van der Waals surface area contributed by atoms with Gasteiger partial charge in [0.05, 0.1) is 26.9 Å². The molecule has 104 valence electrons. The smallest absolute Gasteiger partial charge is 0.255 e. The molecular formula is C14H19NO4. The fourth-order valence-corrected chi connectivity index (χ4v) is 1.86. The van der Waals surface area contributed by atoms with Crippen molar-refractivity contribution in [2.45, 2.75) is 25.3 Å². The van der Waals surface area contributed by atoms with Crippen molar-refractivity contribution < 1.29 is 19.0 Å². The minimum atomic E-state index is -0.155. The zero-order valence-corrected chi connectivity index (χ0v) is 11.7. The molecule has 1 aromatic rings. The Labute approximate surface area is 112 Å². The van der Waals surface area contributed by atoms with Gasteiger partial charge in [-0.15, -0.1) is 0 Å². The van der Waals surface area contributed by atoms with Crippen LogP contribution in [0.25, 0.3) is 0 Å². The summed E-state index contributed by atoms with van der Waals surface area (Å²) in [7, 11) is 4.60. The molecule has 0 aromatic heterocycles. The minimum Gasteiger partial charge on any atom is -0.496 e. The molecule has 0 atom stereocenters. The Balaban J connectivity index is 2.34. The largest absolute Gasteiger partial charge is 0.496 e. The quantitative estimate of drug-likeness (QED) is 0.884. The molecule has 0 aliphatic heterocycles. The van der Waals surface area contributed by atoms with Crippen molar-refractivity contribution in [1.82, 2.24) is 5.32 Å². The third-order valence-corrected chi connectivity index (χ3v) is 3.37. The molecule has 5 heteroatoms. The molecule has 0 bridgehead atoms. The Bertz CT molecular complexity index is 494. The maximum Gasteiger partial charge on any atom is 0.255 e. The molecule has 0 heterocycles. The number of hydrogen-bond acceptors (Lipinski definition) is 4.